The standard InChI is InChI=1S/C22H38N4O7/c1-12(2)10-14(23)19(29)24-15(7-8-18(27)28)20(30)25-16(11-13(3)4)21(31)26-9-5-6-17(26)22(32)33/h12-17H,5-11,23H2,1-4H3,(H,24,29)(H,25,30)(H,27,28)(H,32,33). The fraction of sp³-hybridized carbons (Fsp3) is 0.773. The number of hydrogen-bond acceptors (Lipinski definition) is 6. The van der Waals surface area contributed by atoms with Gasteiger partial charge in [0.1, 0.15) is 18.1 Å². The number of nitrogens with one attached hydrogen (secondary N) is 2. The van der Waals surface area contributed by atoms with Gasteiger partial charge in [0, 0.05) is 13.0 Å². The maximum atomic E-state index is 13.1. The first-order valence-corrected chi connectivity index (χ1v) is 11.4. The smallest absolute Gasteiger partial charge is 0.326 e. The number of likely N-dealkylation sites (tertiary alicyclic amines) is 1. The summed E-state index contributed by atoms with van der Waals surface area (Å²) in [6, 6.07) is -3.99. The molecule has 1 aliphatic rings. The van der Waals surface area contributed by atoms with Gasteiger partial charge in [0.2, 0.25) is 17.7 Å². The summed E-state index contributed by atoms with van der Waals surface area (Å²) in [4.78, 5) is 62.4. The van der Waals surface area contributed by atoms with E-state index in [4.69, 9.17) is 10.8 Å². The Bertz CT molecular complexity index is 726. The zero-order valence-corrected chi connectivity index (χ0v) is 19.9. The number of amides is 3. The number of nitrogens with zero attached hydrogens (tertiary/aromatic N) is 1. The fourth-order valence-corrected chi connectivity index (χ4v) is 3.88. The molecular weight excluding hydrogens is 432 g/mol. The van der Waals surface area contributed by atoms with E-state index in [1.807, 2.05) is 27.7 Å². The van der Waals surface area contributed by atoms with E-state index < -0.39 is 53.8 Å². The molecule has 0 aliphatic carbocycles. The van der Waals surface area contributed by atoms with E-state index in [0.29, 0.717) is 19.3 Å². The Morgan fingerprint density at radius 3 is 2.03 bits per heavy atom. The van der Waals surface area contributed by atoms with Gasteiger partial charge in [0.05, 0.1) is 6.04 Å². The van der Waals surface area contributed by atoms with E-state index in [-0.39, 0.29) is 37.6 Å². The van der Waals surface area contributed by atoms with Gasteiger partial charge < -0.3 is 31.5 Å². The average molecular weight is 471 g/mol. The van der Waals surface area contributed by atoms with E-state index in [1.54, 1.807) is 0 Å². The molecule has 188 valence electrons. The minimum atomic E-state index is -1.19. The van der Waals surface area contributed by atoms with Crippen LogP contribution in [-0.4, -0.2) is 75.5 Å². The molecule has 3 amide bonds. The zero-order chi connectivity index (χ0) is 25.3. The van der Waals surface area contributed by atoms with Crippen molar-refractivity contribution < 1.29 is 34.2 Å². The van der Waals surface area contributed by atoms with Crippen LogP contribution in [0.2, 0.25) is 0 Å². The van der Waals surface area contributed by atoms with Crippen LogP contribution in [0.5, 0.6) is 0 Å². The molecule has 0 spiro atoms. The van der Waals surface area contributed by atoms with Crippen molar-refractivity contribution >= 4 is 29.7 Å². The van der Waals surface area contributed by atoms with Gasteiger partial charge in [-0.3, -0.25) is 19.2 Å². The first kappa shape index (κ1) is 28.3. The molecule has 4 unspecified atom stereocenters. The third-order valence-corrected chi connectivity index (χ3v) is 5.48. The predicted octanol–water partition coefficient (Wildman–Crippen LogP) is 0.316. The van der Waals surface area contributed by atoms with Crippen LogP contribution in [0.4, 0.5) is 0 Å². The zero-order valence-electron chi connectivity index (χ0n) is 19.9. The molecule has 1 rings (SSSR count). The molecule has 0 bridgehead atoms. The number of hydrogen-bond donors (Lipinski definition) is 5. The third-order valence-electron chi connectivity index (χ3n) is 5.48. The van der Waals surface area contributed by atoms with Crippen LogP contribution in [0.1, 0.15) is 66.2 Å². The molecule has 11 heteroatoms. The van der Waals surface area contributed by atoms with Gasteiger partial charge in [0.25, 0.3) is 0 Å². The van der Waals surface area contributed by atoms with Crippen molar-refractivity contribution in [3.05, 3.63) is 0 Å². The lowest BCUT2D eigenvalue weighted by molar-refractivity contribution is -0.149. The first-order valence-electron chi connectivity index (χ1n) is 11.4. The second-order valence-corrected chi connectivity index (χ2v) is 9.45. The number of carboxylic acid groups (broad SMARTS) is 2. The summed E-state index contributed by atoms with van der Waals surface area (Å²) in [5, 5.41) is 23.6. The van der Waals surface area contributed by atoms with Gasteiger partial charge in [-0.2, -0.15) is 0 Å². The number of nitrogens with two attached hydrogens (primary N) is 1. The SMILES string of the molecule is CC(C)CC(N)C(=O)NC(CCC(=O)O)C(=O)NC(CC(C)C)C(=O)N1CCCC1C(=O)O. The van der Waals surface area contributed by atoms with Gasteiger partial charge in [-0.05, 0) is 43.9 Å². The molecule has 0 aromatic rings. The van der Waals surface area contributed by atoms with Crippen molar-refractivity contribution in [2.75, 3.05) is 6.54 Å². The quantitative estimate of drug-likeness (QED) is 0.255. The highest BCUT2D eigenvalue weighted by Crippen LogP contribution is 2.20. The monoisotopic (exact) mass is 470 g/mol. The summed E-state index contributed by atoms with van der Waals surface area (Å²) in [5.74, 6) is -3.85. The maximum Gasteiger partial charge on any atom is 0.326 e. The highest BCUT2D eigenvalue weighted by Gasteiger charge is 2.38. The van der Waals surface area contributed by atoms with Crippen molar-refractivity contribution in [2.24, 2.45) is 17.6 Å². The molecular formula is C22H38N4O7. The molecule has 33 heavy (non-hydrogen) atoms. The molecule has 1 saturated heterocycles. The van der Waals surface area contributed by atoms with Crippen LogP contribution in [0, 0.1) is 11.8 Å². The topological polar surface area (TPSA) is 179 Å². The number of aliphatic carboxylic acids is 2. The van der Waals surface area contributed by atoms with Crippen molar-refractivity contribution in [2.45, 2.75) is 90.4 Å². The van der Waals surface area contributed by atoms with Crippen LogP contribution < -0.4 is 16.4 Å². The van der Waals surface area contributed by atoms with E-state index in [1.165, 1.54) is 4.90 Å². The minimum Gasteiger partial charge on any atom is -0.481 e. The molecule has 0 radical (unpaired) electrons. The van der Waals surface area contributed by atoms with Gasteiger partial charge in [0.15, 0.2) is 0 Å². The Morgan fingerprint density at radius 2 is 1.52 bits per heavy atom. The van der Waals surface area contributed by atoms with Crippen molar-refractivity contribution in [1.29, 1.82) is 0 Å². The van der Waals surface area contributed by atoms with E-state index in [9.17, 15) is 29.1 Å². The van der Waals surface area contributed by atoms with Gasteiger partial charge in [-0.15, -0.1) is 0 Å². The van der Waals surface area contributed by atoms with Crippen LogP contribution in [-0.2, 0) is 24.0 Å². The Labute approximate surface area is 194 Å². The van der Waals surface area contributed by atoms with Crippen LogP contribution in [0.15, 0.2) is 0 Å². The average Bonchev–Trinajstić information content (AvgIpc) is 3.18. The summed E-state index contributed by atoms with van der Waals surface area (Å²) in [5.41, 5.74) is 5.89. The first-order chi connectivity index (χ1) is 15.3. The highest BCUT2D eigenvalue weighted by atomic mass is 16.4. The number of rotatable bonds is 13. The highest BCUT2D eigenvalue weighted by molar-refractivity contribution is 5.94. The molecule has 1 fully saturated rings. The summed E-state index contributed by atoms with van der Waals surface area (Å²) < 4.78 is 0. The Morgan fingerprint density at radius 1 is 0.939 bits per heavy atom. The lowest BCUT2D eigenvalue weighted by Gasteiger charge is -2.29. The van der Waals surface area contributed by atoms with Gasteiger partial charge in [-0.1, -0.05) is 27.7 Å². The molecule has 0 aromatic heterocycles. The van der Waals surface area contributed by atoms with Crippen molar-refractivity contribution in [1.82, 2.24) is 15.5 Å². The molecule has 1 aliphatic heterocycles. The largest absolute Gasteiger partial charge is 0.481 e. The third kappa shape index (κ3) is 9.37. The van der Waals surface area contributed by atoms with Crippen molar-refractivity contribution in [3.63, 3.8) is 0 Å². The lowest BCUT2D eigenvalue weighted by atomic mass is 10.0. The van der Waals surface area contributed by atoms with Crippen LogP contribution in [0.25, 0.3) is 0 Å². The van der Waals surface area contributed by atoms with E-state index in [2.05, 4.69) is 10.6 Å². The lowest BCUT2D eigenvalue weighted by Crippen LogP contribution is -2.57. The summed E-state index contributed by atoms with van der Waals surface area (Å²) >= 11 is 0. The second kappa shape index (κ2) is 13.1. The van der Waals surface area contributed by atoms with Crippen molar-refractivity contribution in [3.8, 4) is 0 Å². The normalized spacial score (nSPS) is 18.6. The van der Waals surface area contributed by atoms with Gasteiger partial charge >= 0.3 is 11.9 Å². The number of carboxylic acids is 2. The van der Waals surface area contributed by atoms with Crippen LogP contribution >= 0.6 is 0 Å². The Balaban J connectivity index is 3.01. The minimum absolute atomic E-state index is 0.0108. The number of carbonyl (C=O) groups excluding carboxylic acids is 3. The van der Waals surface area contributed by atoms with Crippen LogP contribution in [0.3, 0.4) is 0 Å². The Hall–Kier alpha value is -2.69. The number of carbonyl (C=O) groups is 5. The maximum absolute atomic E-state index is 13.1. The molecule has 11 nitrogen and oxygen atoms in total. The molecule has 6 N–H and O–H groups in total. The summed E-state index contributed by atoms with van der Waals surface area (Å²) in [6.07, 6.45) is 1.00. The summed E-state index contributed by atoms with van der Waals surface area (Å²) in [7, 11) is 0. The second-order valence-electron chi connectivity index (χ2n) is 9.45. The van der Waals surface area contributed by atoms with E-state index in [0.717, 1.165) is 0 Å². The Kier molecular flexibility index (Phi) is 11.3. The molecule has 1 heterocycles. The molecule has 0 aromatic carbocycles. The van der Waals surface area contributed by atoms with E-state index >= 15 is 0 Å². The molecule has 0 saturated carbocycles. The van der Waals surface area contributed by atoms with Gasteiger partial charge in [-0.25, -0.2) is 4.79 Å². The molecule has 4 atom stereocenters. The predicted molar refractivity (Wildman–Crippen MR) is 120 cm³/mol. The fourth-order valence-electron chi connectivity index (χ4n) is 3.88. The summed E-state index contributed by atoms with van der Waals surface area (Å²) in [6.45, 7) is 7.79.